The Labute approximate surface area is 81.5 Å². The number of hydrogen-bond acceptors (Lipinski definition) is 2. The molecule has 70 valence electrons. The first-order chi connectivity index (χ1) is 6.75. The summed E-state index contributed by atoms with van der Waals surface area (Å²) in [7, 11) is 0. The van der Waals surface area contributed by atoms with Crippen molar-refractivity contribution in [2.45, 2.75) is 6.92 Å². The molecular formula is C11H9FN2. The van der Waals surface area contributed by atoms with E-state index in [4.69, 9.17) is 0 Å². The number of halogens is 1. The van der Waals surface area contributed by atoms with Gasteiger partial charge in [-0.15, -0.1) is 0 Å². The molecule has 1 aromatic carbocycles. The van der Waals surface area contributed by atoms with Crippen LogP contribution in [0.25, 0.3) is 11.3 Å². The number of aromatic nitrogens is 2. The first kappa shape index (κ1) is 8.81. The van der Waals surface area contributed by atoms with Gasteiger partial charge in [0, 0.05) is 11.8 Å². The molecule has 0 aliphatic carbocycles. The van der Waals surface area contributed by atoms with Crippen molar-refractivity contribution < 1.29 is 4.39 Å². The first-order valence-electron chi connectivity index (χ1n) is 4.31. The van der Waals surface area contributed by atoms with Crippen LogP contribution in [0.2, 0.25) is 0 Å². The van der Waals surface area contributed by atoms with Gasteiger partial charge in [0.05, 0.1) is 5.69 Å². The molecule has 0 aliphatic rings. The van der Waals surface area contributed by atoms with Crippen molar-refractivity contribution >= 4 is 0 Å². The second-order valence-electron chi connectivity index (χ2n) is 3.00. The highest BCUT2D eigenvalue weighted by Gasteiger charge is 1.99. The molecule has 14 heavy (non-hydrogen) atoms. The topological polar surface area (TPSA) is 25.8 Å². The van der Waals surface area contributed by atoms with E-state index in [9.17, 15) is 4.39 Å². The molecular weight excluding hydrogens is 179 g/mol. The largest absolute Gasteiger partial charge is 0.242 e. The average molecular weight is 188 g/mol. The Morgan fingerprint density at radius 3 is 2.43 bits per heavy atom. The van der Waals surface area contributed by atoms with Gasteiger partial charge in [0.2, 0.25) is 0 Å². The van der Waals surface area contributed by atoms with E-state index in [1.54, 1.807) is 24.4 Å². The van der Waals surface area contributed by atoms with E-state index in [-0.39, 0.29) is 5.82 Å². The summed E-state index contributed by atoms with van der Waals surface area (Å²) < 4.78 is 12.6. The van der Waals surface area contributed by atoms with Crippen LogP contribution in [0.5, 0.6) is 0 Å². The Morgan fingerprint density at radius 2 is 1.79 bits per heavy atom. The molecule has 2 aromatic rings. The highest BCUT2D eigenvalue weighted by Crippen LogP contribution is 2.16. The van der Waals surface area contributed by atoms with Crippen LogP contribution in [0, 0.1) is 12.7 Å². The van der Waals surface area contributed by atoms with Gasteiger partial charge < -0.3 is 0 Å². The number of rotatable bonds is 1. The SMILES string of the molecule is Cc1nccc(-c2ccc(F)cc2)n1. The summed E-state index contributed by atoms with van der Waals surface area (Å²) in [4.78, 5) is 8.24. The molecule has 0 radical (unpaired) electrons. The summed E-state index contributed by atoms with van der Waals surface area (Å²) in [6.07, 6.45) is 1.70. The highest BCUT2D eigenvalue weighted by atomic mass is 19.1. The zero-order chi connectivity index (χ0) is 9.97. The van der Waals surface area contributed by atoms with Crippen LogP contribution in [0.15, 0.2) is 36.5 Å². The minimum Gasteiger partial charge on any atom is -0.242 e. The molecule has 1 heterocycles. The lowest BCUT2D eigenvalue weighted by atomic mass is 10.1. The minimum absolute atomic E-state index is 0.237. The molecule has 0 aliphatic heterocycles. The maximum atomic E-state index is 12.6. The molecule has 0 amide bonds. The fourth-order valence-corrected chi connectivity index (χ4v) is 1.24. The van der Waals surface area contributed by atoms with Crippen molar-refractivity contribution in [3.8, 4) is 11.3 Å². The van der Waals surface area contributed by atoms with Crippen molar-refractivity contribution in [1.29, 1.82) is 0 Å². The van der Waals surface area contributed by atoms with Crippen molar-refractivity contribution in [1.82, 2.24) is 9.97 Å². The van der Waals surface area contributed by atoms with Crippen LogP contribution in [-0.4, -0.2) is 9.97 Å². The van der Waals surface area contributed by atoms with E-state index in [0.717, 1.165) is 11.3 Å². The summed E-state index contributed by atoms with van der Waals surface area (Å²) in [6.45, 7) is 1.83. The Kier molecular flexibility index (Phi) is 2.23. The normalized spacial score (nSPS) is 10.1. The predicted octanol–water partition coefficient (Wildman–Crippen LogP) is 2.59. The lowest BCUT2D eigenvalue weighted by Crippen LogP contribution is -1.89. The third-order valence-corrected chi connectivity index (χ3v) is 1.92. The monoisotopic (exact) mass is 188 g/mol. The fraction of sp³-hybridized carbons (Fsp3) is 0.0909. The summed E-state index contributed by atoms with van der Waals surface area (Å²) in [5, 5.41) is 0. The van der Waals surface area contributed by atoms with E-state index in [1.807, 2.05) is 6.92 Å². The standard InChI is InChI=1S/C11H9FN2/c1-8-13-7-6-11(14-8)9-2-4-10(12)5-3-9/h2-7H,1H3. The molecule has 0 atom stereocenters. The first-order valence-corrected chi connectivity index (χ1v) is 4.31. The number of aryl methyl sites for hydroxylation is 1. The second-order valence-corrected chi connectivity index (χ2v) is 3.00. The third-order valence-electron chi connectivity index (χ3n) is 1.92. The summed E-state index contributed by atoms with van der Waals surface area (Å²) >= 11 is 0. The summed E-state index contributed by atoms with van der Waals surface area (Å²) in [6, 6.07) is 8.06. The van der Waals surface area contributed by atoms with Crippen LogP contribution in [0.1, 0.15) is 5.82 Å². The lowest BCUT2D eigenvalue weighted by Gasteiger charge is -2.00. The summed E-state index contributed by atoms with van der Waals surface area (Å²) in [5.74, 6) is 0.478. The minimum atomic E-state index is -0.237. The van der Waals surface area contributed by atoms with Gasteiger partial charge in [-0.3, -0.25) is 0 Å². The van der Waals surface area contributed by atoms with Crippen molar-refractivity contribution in [2.75, 3.05) is 0 Å². The molecule has 1 aromatic heterocycles. The zero-order valence-electron chi connectivity index (χ0n) is 7.74. The predicted molar refractivity (Wildman–Crippen MR) is 52.2 cm³/mol. The Balaban J connectivity index is 2.44. The van der Waals surface area contributed by atoms with Crippen LogP contribution in [0.3, 0.4) is 0 Å². The van der Waals surface area contributed by atoms with Gasteiger partial charge in [0.15, 0.2) is 0 Å². The molecule has 0 bridgehead atoms. The molecule has 0 saturated heterocycles. The van der Waals surface area contributed by atoms with Crippen LogP contribution in [0.4, 0.5) is 4.39 Å². The molecule has 0 spiro atoms. The van der Waals surface area contributed by atoms with Gasteiger partial charge in [-0.2, -0.15) is 0 Å². The molecule has 2 rings (SSSR count). The molecule has 3 heteroatoms. The van der Waals surface area contributed by atoms with Crippen LogP contribution in [-0.2, 0) is 0 Å². The number of benzene rings is 1. The van der Waals surface area contributed by atoms with Crippen LogP contribution >= 0.6 is 0 Å². The zero-order valence-corrected chi connectivity index (χ0v) is 7.74. The fourth-order valence-electron chi connectivity index (χ4n) is 1.24. The molecule has 0 fully saturated rings. The van der Waals surface area contributed by atoms with Crippen molar-refractivity contribution in [2.24, 2.45) is 0 Å². The van der Waals surface area contributed by atoms with Gasteiger partial charge in [0.25, 0.3) is 0 Å². The van der Waals surface area contributed by atoms with Crippen LogP contribution < -0.4 is 0 Å². The average Bonchev–Trinajstić information content (AvgIpc) is 2.19. The van der Waals surface area contributed by atoms with Gasteiger partial charge in [-0.05, 0) is 37.3 Å². The number of nitrogens with zero attached hydrogens (tertiary/aromatic N) is 2. The van der Waals surface area contributed by atoms with Gasteiger partial charge in [-0.1, -0.05) is 0 Å². The van der Waals surface area contributed by atoms with Gasteiger partial charge in [-0.25, -0.2) is 14.4 Å². The van der Waals surface area contributed by atoms with Gasteiger partial charge in [0.1, 0.15) is 11.6 Å². The highest BCUT2D eigenvalue weighted by molar-refractivity contribution is 5.58. The maximum Gasteiger partial charge on any atom is 0.125 e. The van der Waals surface area contributed by atoms with E-state index >= 15 is 0 Å². The second kappa shape index (κ2) is 3.54. The maximum absolute atomic E-state index is 12.6. The Hall–Kier alpha value is -1.77. The van der Waals surface area contributed by atoms with E-state index < -0.39 is 0 Å². The molecule has 0 N–H and O–H groups in total. The molecule has 2 nitrogen and oxygen atoms in total. The van der Waals surface area contributed by atoms with Gasteiger partial charge >= 0.3 is 0 Å². The Bertz CT molecular complexity index is 437. The van der Waals surface area contributed by atoms with E-state index in [1.165, 1.54) is 12.1 Å². The summed E-state index contributed by atoms with van der Waals surface area (Å²) in [5.41, 5.74) is 1.72. The third kappa shape index (κ3) is 1.76. The quantitative estimate of drug-likeness (QED) is 0.687. The Morgan fingerprint density at radius 1 is 1.07 bits per heavy atom. The smallest absolute Gasteiger partial charge is 0.125 e. The molecule has 0 unspecified atom stereocenters. The lowest BCUT2D eigenvalue weighted by molar-refractivity contribution is 0.628. The van der Waals surface area contributed by atoms with E-state index in [0.29, 0.717) is 5.82 Å². The van der Waals surface area contributed by atoms with E-state index in [2.05, 4.69) is 9.97 Å². The van der Waals surface area contributed by atoms with Crippen molar-refractivity contribution in [3.63, 3.8) is 0 Å². The van der Waals surface area contributed by atoms with Crippen molar-refractivity contribution in [3.05, 3.63) is 48.2 Å². The molecule has 0 saturated carbocycles. The number of hydrogen-bond donors (Lipinski definition) is 0.